The first-order valence-electron chi connectivity index (χ1n) is 4.75. The first-order valence-corrected chi connectivity index (χ1v) is 5.50. The predicted molar refractivity (Wildman–Crippen MR) is 57.7 cm³/mol. The summed E-state index contributed by atoms with van der Waals surface area (Å²) in [6.07, 6.45) is 0. The molecule has 0 aromatic rings. The zero-order valence-electron chi connectivity index (χ0n) is 8.62. The van der Waals surface area contributed by atoms with Crippen molar-refractivity contribution in [3.8, 4) is 0 Å². The molecule has 1 saturated heterocycles. The second-order valence-electron chi connectivity index (χ2n) is 3.95. The maximum absolute atomic E-state index is 11.6. The summed E-state index contributed by atoms with van der Waals surface area (Å²) in [4.78, 5) is 23.2. The molecule has 0 saturated carbocycles. The molecule has 1 aliphatic carbocycles. The lowest BCUT2D eigenvalue weighted by Gasteiger charge is -2.25. The van der Waals surface area contributed by atoms with Crippen molar-refractivity contribution in [3.63, 3.8) is 0 Å². The van der Waals surface area contributed by atoms with E-state index in [1.54, 1.807) is 0 Å². The van der Waals surface area contributed by atoms with Crippen LogP contribution in [0.3, 0.4) is 0 Å². The Hall–Kier alpha value is -0.840. The smallest absolute Gasteiger partial charge is 0.278 e. The number of imide groups is 1. The Bertz CT molecular complexity index is 425. The minimum absolute atomic E-state index is 0.0322. The van der Waals surface area contributed by atoms with Gasteiger partial charge in [-0.2, -0.15) is 0 Å². The van der Waals surface area contributed by atoms with Crippen molar-refractivity contribution >= 4 is 35.0 Å². The summed E-state index contributed by atoms with van der Waals surface area (Å²) in [5, 5.41) is 9.87. The third-order valence-corrected chi connectivity index (χ3v) is 4.16. The Morgan fingerprint density at radius 2 is 1.31 bits per heavy atom. The van der Waals surface area contributed by atoms with E-state index in [2.05, 4.69) is 0 Å². The summed E-state index contributed by atoms with van der Waals surface area (Å²) in [5.74, 6) is -1.89. The second kappa shape index (κ2) is 3.58. The Morgan fingerprint density at radius 3 is 1.62 bits per heavy atom. The van der Waals surface area contributed by atoms with Crippen molar-refractivity contribution in [2.45, 2.75) is 13.8 Å². The molecule has 0 spiro atoms. The van der Waals surface area contributed by atoms with Crippen LogP contribution in [0.4, 0.5) is 0 Å². The van der Waals surface area contributed by atoms with E-state index in [1.165, 1.54) is 0 Å². The van der Waals surface area contributed by atoms with Crippen LogP contribution in [0.1, 0.15) is 13.8 Å². The molecule has 1 N–H and O–H groups in total. The van der Waals surface area contributed by atoms with Crippen LogP contribution in [0.15, 0.2) is 21.2 Å². The monoisotopic (exact) mass is 261 g/mol. The molecule has 2 aliphatic rings. The highest BCUT2D eigenvalue weighted by molar-refractivity contribution is 6.41. The van der Waals surface area contributed by atoms with Gasteiger partial charge < -0.3 is 0 Å². The first kappa shape index (κ1) is 11.6. The third kappa shape index (κ3) is 1.27. The number of hydrogen-bond acceptors (Lipinski definition) is 3. The predicted octanol–water partition coefficient (Wildman–Crippen LogP) is 2.02. The molecule has 1 aliphatic heterocycles. The molecule has 6 heteroatoms. The van der Waals surface area contributed by atoms with Crippen molar-refractivity contribution in [1.29, 1.82) is 0 Å². The number of hydrogen-bond donors (Lipinski definition) is 1. The number of halogens is 2. The van der Waals surface area contributed by atoms with E-state index in [4.69, 9.17) is 23.2 Å². The molecule has 2 rings (SSSR count). The molecule has 0 aromatic heterocycles. The molecule has 2 amide bonds. The Kier molecular flexibility index (Phi) is 2.61. The van der Waals surface area contributed by atoms with Gasteiger partial charge in [0.05, 0.1) is 11.1 Å². The van der Waals surface area contributed by atoms with Crippen LogP contribution in [0.5, 0.6) is 0 Å². The molecule has 0 radical (unpaired) electrons. The lowest BCUT2D eigenvalue weighted by atomic mass is 9.84. The van der Waals surface area contributed by atoms with Gasteiger partial charge in [-0.15, -0.1) is 5.06 Å². The standard InChI is InChI=1S/C10H9Cl2NO3/c1-3-4(2)8(12)6-5(7(3)11)9(14)13(16)10(6)15/h3-4,16H,1-2H3. The normalized spacial score (nSPS) is 30.4. The number of carbonyl (C=O) groups is 2. The van der Waals surface area contributed by atoms with Crippen LogP contribution in [0.25, 0.3) is 0 Å². The highest BCUT2D eigenvalue weighted by atomic mass is 35.5. The zero-order chi connectivity index (χ0) is 12.2. The fourth-order valence-corrected chi connectivity index (χ4v) is 2.58. The Balaban J connectivity index is 2.72. The SMILES string of the molecule is CC1C(Cl)=C2C(=O)N(O)C(=O)C2=C(Cl)C1C. The highest BCUT2D eigenvalue weighted by Gasteiger charge is 2.46. The van der Waals surface area contributed by atoms with E-state index in [-0.39, 0.29) is 38.1 Å². The van der Waals surface area contributed by atoms with Crippen molar-refractivity contribution < 1.29 is 14.8 Å². The molecular weight excluding hydrogens is 253 g/mol. The van der Waals surface area contributed by atoms with Crippen LogP contribution >= 0.6 is 23.2 Å². The maximum Gasteiger partial charge on any atom is 0.286 e. The van der Waals surface area contributed by atoms with E-state index < -0.39 is 11.8 Å². The van der Waals surface area contributed by atoms with Crippen LogP contribution < -0.4 is 0 Å². The number of hydroxylamine groups is 2. The minimum atomic E-state index is -0.804. The fourth-order valence-electron chi connectivity index (χ4n) is 1.86. The van der Waals surface area contributed by atoms with E-state index in [0.717, 1.165) is 0 Å². The van der Waals surface area contributed by atoms with Crippen LogP contribution in [-0.2, 0) is 9.59 Å². The number of amides is 2. The fraction of sp³-hybridized carbons (Fsp3) is 0.400. The molecule has 16 heavy (non-hydrogen) atoms. The molecular formula is C10H9Cl2NO3. The summed E-state index contributed by atoms with van der Waals surface area (Å²) in [7, 11) is 0. The number of fused-ring (bicyclic) bond motifs is 1. The summed E-state index contributed by atoms with van der Waals surface area (Å²) < 4.78 is 0. The van der Waals surface area contributed by atoms with Gasteiger partial charge in [0.2, 0.25) is 0 Å². The van der Waals surface area contributed by atoms with Gasteiger partial charge in [-0.1, -0.05) is 37.0 Å². The number of rotatable bonds is 0. The first-order chi connectivity index (χ1) is 7.37. The van der Waals surface area contributed by atoms with Crippen LogP contribution in [-0.4, -0.2) is 22.1 Å². The second-order valence-corrected chi connectivity index (χ2v) is 4.76. The average Bonchev–Trinajstić information content (AvgIpc) is 2.48. The maximum atomic E-state index is 11.6. The lowest BCUT2D eigenvalue weighted by Crippen LogP contribution is -2.25. The van der Waals surface area contributed by atoms with E-state index in [0.29, 0.717) is 0 Å². The summed E-state index contributed by atoms with van der Waals surface area (Å²) in [6.45, 7) is 3.63. The van der Waals surface area contributed by atoms with Crippen molar-refractivity contribution in [1.82, 2.24) is 5.06 Å². The molecule has 1 heterocycles. The van der Waals surface area contributed by atoms with Crippen molar-refractivity contribution in [3.05, 3.63) is 21.2 Å². The molecule has 1 fully saturated rings. The molecule has 0 aromatic carbocycles. The van der Waals surface area contributed by atoms with Crippen molar-refractivity contribution in [2.24, 2.45) is 11.8 Å². The summed E-state index contributed by atoms with van der Waals surface area (Å²) >= 11 is 12.1. The van der Waals surface area contributed by atoms with E-state index in [1.807, 2.05) is 13.8 Å². The van der Waals surface area contributed by atoms with Gasteiger partial charge in [0, 0.05) is 21.9 Å². The highest BCUT2D eigenvalue weighted by Crippen LogP contribution is 2.45. The van der Waals surface area contributed by atoms with Gasteiger partial charge in [0.1, 0.15) is 0 Å². The third-order valence-electron chi connectivity index (χ3n) is 3.09. The van der Waals surface area contributed by atoms with Gasteiger partial charge in [0.15, 0.2) is 0 Å². The minimum Gasteiger partial charge on any atom is -0.278 e. The Morgan fingerprint density at radius 1 is 1.00 bits per heavy atom. The topological polar surface area (TPSA) is 57.6 Å². The lowest BCUT2D eigenvalue weighted by molar-refractivity contribution is -0.168. The van der Waals surface area contributed by atoms with Crippen molar-refractivity contribution in [2.75, 3.05) is 0 Å². The molecule has 86 valence electrons. The molecule has 2 atom stereocenters. The molecule has 4 nitrogen and oxygen atoms in total. The quantitative estimate of drug-likeness (QED) is 0.536. The number of allylic oxidation sites excluding steroid dienone is 2. The average molecular weight is 262 g/mol. The largest absolute Gasteiger partial charge is 0.286 e. The van der Waals surface area contributed by atoms with E-state index >= 15 is 0 Å². The molecule has 2 unspecified atom stereocenters. The zero-order valence-corrected chi connectivity index (χ0v) is 10.1. The van der Waals surface area contributed by atoms with Crippen LogP contribution in [0, 0.1) is 11.8 Å². The molecule has 0 bridgehead atoms. The van der Waals surface area contributed by atoms with Gasteiger partial charge in [-0.25, -0.2) is 0 Å². The van der Waals surface area contributed by atoms with Gasteiger partial charge in [-0.3, -0.25) is 14.8 Å². The number of nitrogens with zero attached hydrogens (tertiary/aromatic N) is 1. The van der Waals surface area contributed by atoms with Gasteiger partial charge >= 0.3 is 0 Å². The summed E-state index contributed by atoms with van der Waals surface area (Å²) in [6, 6.07) is 0. The van der Waals surface area contributed by atoms with Crippen LogP contribution in [0.2, 0.25) is 0 Å². The van der Waals surface area contributed by atoms with E-state index in [9.17, 15) is 14.8 Å². The van der Waals surface area contributed by atoms with Gasteiger partial charge in [-0.05, 0) is 0 Å². The Labute approximate surface area is 102 Å². The number of carbonyl (C=O) groups excluding carboxylic acids is 2. The van der Waals surface area contributed by atoms with Gasteiger partial charge in [0.25, 0.3) is 11.8 Å². The summed E-state index contributed by atoms with van der Waals surface area (Å²) in [5.41, 5.74) is 0.0644.